The molecule has 1 aromatic heterocycles. The van der Waals surface area contributed by atoms with Crippen LogP contribution < -0.4 is 0 Å². The standard InChI is InChI=1S/C36H35N3O6S/c1-2-3-4-5-6-33-37-36(38-39(33)23-25-7-11-27(12-8-25)29-15-19-31(20-16-29)34(40)41)46(44,45)24-26-9-13-28(14-10-26)30-17-21-32(22-18-30)35(42)43/h7-22H,2-6,23-24H2,1H3,(H,40,41)(H,42,43). The highest BCUT2D eigenvalue weighted by Crippen LogP contribution is 2.24. The molecule has 5 rings (SSSR count). The van der Waals surface area contributed by atoms with E-state index < -0.39 is 21.8 Å². The van der Waals surface area contributed by atoms with E-state index in [4.69, 9.17) is 10.2 Å². The van der Waals surface area contributed by atoms with E-state index in [1.54, 1.807) is 53.2 Å². The van der Waals surface area contributed by atoms with Crippen molar-refractivity contribution in [3.8, 4) is 22.3 Å². The minimum absolute atomic E-state index is 0.193. The van der Waals surface area contributed by atoms with Crippen LogP contribution in [0.4, 0.5) is 0 Å². The predicted molar refractivity (Wildman–Crippen MR) is 176 cm³/mol. The fourth-order valence-corrected chi connectivity index (χ4v) is 6.40. The Bertz CT molecular complexity index is 1910. The molecule has 46 heavy (non-hydrogen) atoms. The molecule has 0 amide bonds. The van der Waals surface area contributed by atoms with Gasteiger partial charge in [0.2, 0.25) is 9.84 Å². The molecule has 0 saturated heterocycles. The number of carbonyl (C=O) groups is 2. The van der Waals surface area contributed by atoms with Crippen molar-refractivity contribution in [3.05, 3.63) is 125 Å². The van der Waals surface area contributed by atoms with Gasteiger partial charge in [-0.3, -0.25) is 0 Å². The van der Waals surface area contributed by atoms with Gasteiger partial charge in [0, 0.05) is 6.42 Å². The van der Waals surface area contributed by atoms with E-state index in [-0.39, 0.29) is 22.0 Å². The zero-order valence-electron chi connectivity index (χ0n) is 25.5. The first-order valence-electron chi connectivity index (χ1n) is 15.1. The largest absolute Gasteiger partial charge is 0.478 e. The van der Waals surface area contributed by atoms with Gasteiger partial charge < -0.3 is 10.2 Å². The number of benzene rings is 4. The number of carboxylic acids is 2. The highest BCUT2D eigenvalue weighted by atomic mass is 32.2. The van der Waals surface area contributed by atoms with Gasteiger partial charge in [-0.1, -0.05) is 99.0 Å². The molecule has 2 N–H and O–H groups in total. The van der Waals surface area contributed by atoms with Gasteiger partial charge in [0.15, 0.2) is 0 Å². The summed E-state index contributed by atoms with van der Waals surface area (Å²) in [5.74, 6) is -1.59. The first kappa shape index (κ1) is 32.3. The number of rotatable bonds is 14. The highest BCUT2D eigenvalue weighted by Gasteiger charge is 2.23. The molecule has 9 nitrogen and oxygen atoms in total. The van der Waals surface area contributed by atoms with Crippen LogP contribution in [0.25, 0.3) is 22.3 Å². The van der Waals surface area contributed by atoms with Gasteiger partial charge in [-0.05, 0) is 64.1 Å². The average Bonchev–Trinajstić information content (AvgIpc) is 3.47. The van der Waals surface area contributed by atoms with E-state index in [1.807, 2.05) is 36.4 Å². The zero-order valence-corrected chi connectivity index (χ0v) is 26.3. The van der Waals surface area contributed by atoms with Gasteiger partial charge in [0.05, 0.1) is 23.4 Å². The fraction of sp³-hybridized carbons (Fsp3) is 0.222. The number of unbranched alkanes of at least 4 members (excludes halogenated alkanes) is 3. The molecule has 0 atom stereocenters. The minimum atomic E-state index is -3.84. The van der Waals surface area contributed by atoms with E-state index in [0.29, 0.717) is 24.4 Å². The second kappa shape index (κ2) is 14.3. The summed E-state index contributed by atoms with van der Waals surface area (Å²) in [6.45, 7) is 2.50. The number of sulfone groups is 1. The van der Waals surface area contributed by atoms with Crippen molar-refractivity contribution in [2.75, 3.05) is 0 Å². The summed E-state index contributed by atoms with van der Waals surface area (Å²) in [4.78, 5) is 26.8. The number of carboxylic acid groups (broad SMARTS) is 2. The number of hydrogen-bond donors (Lipinski definition) is 2. The molecule has 5 aromatic rings. The summed E-state index contributed by atoms with van der Waals surface area (Å²) in [6, 6.07) is 28.1. The third-order valence-corrected chi connectivity index (χ3v) is 9.23. The second-order valence-electron chi connectivity index (χ2n) is 11.2. The Labute approximate surface area is 268 Å². The van der Waals surface area contributed by atoms with E-state index in [0.717, 1.165) is 53.5 Å². The van der Waals surface area contributed by atoms with Crippen LogP contribution in [-0.4, -0.2) is 45.3 Å². The summed E-state index contributed by atoms with van der Waals surface area (Å²) in [6.07, 6.45) is 4.70. The summed E-state index contributed by atoms with van der Waals surface area (Å²) < 4.78 is 28.7. The van der Waals surface area contributed by atoms with Crippen LogP contribution >= 0.6 is 0 Å². The normalized spacial score (nSPS) is 11.4. The maximum Gasteiger partial charge on any atom is 0.335 e. The monoisotopic (exact) mass is 637 g/mol. The van der Waals surface area contributed by atoms with Crippen molar-refractivity contribution in [1.82, 2.24) is 14.8 Å². The van der Waals surface area contributed by atoms with E-state index in [1.165, 1.54) is 12.1 Å². The Hall–Kier alpha value is -5.09. The summed E-state index contributed by atoms with van der Waals surface area (Å²) >= 11 is 0. The molecular weight excluding hydrogens is 602 g/mol. The van der Waals surface area contributed by atoms with Crippen LogP contribution in [0.5, 0.6) is 0 Å². The Morgan fingerprint density at radius 2 is 1.11 bits per heavy atom. The van der Waals surface area contributed by atoms with Gasteiger partial charge >= 0.3 is 11.9 Å². The van der Waals surface area contributed by atoms with Crippen molar-refractivity contribution in [3.63, 3.8) is 0 Å². The number of aryl methyl sites for hydroxylation is 1. The summed E-state index contributed by atoms with van der Waals surface area (Å²) in [7, 11) is -3.84. The lowest BCUT2D eigenvalue weighted by atomic mass is 10.0. The van der Waals surface area contributed by atoms with Crippen LogP contribution in [0, 0.1) is 0 Å². The third-order valence-electron chi connectivity index (χ3n) is 7.79. The number of nitrogens with zero attached hydrogens (tertiary/aromatic N) is 3. The van der Waals surface area contributed by atoms with Crippen LogP contribution in [-0.2, 0) is 28.6 Å². The molecule has 0 unspecified atom stereocenters. The predicted octanol–water partition coefficient (Wildman–Crippen LogP) is 7.15. The lowest BCUT2D eigenvalue weighted by molar-refractivity contribution is 0.0686. The average molecular weight is 638 g/mol. The topological polar surface area (TPSA) is 139 Å². The van der Waals surface area contributed by atoms with Crippen LogP contribution in [0.1, 0.15) is 70.3 Å². The van der Waals surface area contributed by atoms with Crippen molar-refractivity contribution in [2.24, 2.45) is 0 Å². The first-order valence-corrected chi connectivity index (χ1v) is 16.8. The lowest BCUT2D eigenvalue weighted by Crippen LogP contribution is -2.09. The van der Waals surface area contributed by atoms with E-state index in [2.05, 4.69) is 17.0 Å². The number of hydrogen-bond acceptors (Lipinski definition) is 6. The van der Waals surface area contributed by atoms with Crippen molar-refractivity contribution in [1.29, 1.82) is 0 Å². The molecule has 0 fully saturated rings. The minimum Gasteiger partial charge on any atom is -0.478 e. The van der Waals surface area contributed by atoms with E-state index >= 15 is 0 Å². The maximum absolute atomic E-state index is 13.5. The van der Waals surface area contributed by atoms with Crippen molar-refractivity contribution in [2.45, 2.75) is 56.5 Å². The smallest absolute Gasteiger partial charge is 0.335 e. The van der Waals surface area contributed by atoms with Crippen LogP contribution in [0.2, 0.25) is 0 Å². The first-order chi connectivity index (χ1) is 22.1. The Kier molecular flexibility index (Phi) is 10.1. The second-order valence-corrected chi connectivity index (χ2v) is 13.1. The fourth-order valence-electron chi connectivity index (χ4n) is 5.17. The molecule has 236 valence electrons. The van der Waals surface area contributed by atoms with Gasteiger partial charge in [-0.2, -0.15) is 0 Å². The molecule has 10 heteroatoms. The Morgan fingerprint density at radius 3 is 1.57 bits per heavy atom. The molecule has 0 aliphatic rings. The summed E-state index contributed by atoms with van der Waals surface area (Å²) in [5.41, 5.74) is 5.46. The zero-order chi connectivity index (χ0) is 32.7. The highest BCUT2D eigenvalue weighted by molar-refractivity contribution is 7.90. The van der Waals surface area contributed by atoms with Gasteiger partial charge in [-0.25, -0.2) is 27.7 Å². The molecule has 4 aromatic carbocycles. The SMILES string of the molecule is CCCCCCc1nc(S(=O)(=O)Cc2ccc(-c3ccc(C(=O)O)cc3)cc2)nn1Cc1ccc(-c2ccc(C(=O)O)cc2)cc1. The lowest BCUT2D eigenvalue weighted by Gasteiger charge is -2.08. The third kappa shape index (κ3) is 7.94. The number of aromatic carboxylic acids is 2. The quantitative estimate of drug-likeness (QED) is 0.122. The number of aromatic nitrogens is 3. The Morgan fingerprint density at radius 1 is 0.652 bits per heavy atom. The van der Waals surface area contributed by atoms with Gasteiger partial charge in [0.25, 0.3) is 5.16 Å². The van der Waals surface area contributed by atoms with Crippen LogP contribution in [0.15, 0.2) is 102 Å². The van der Waals surface area contributed by atoms with Crippen molar-refractivity contribution < 1.29 is 28.2 Å². The van der Waals surface area contributed by atoms with Crippen molar-refractivity contribution >= 4 is 21.8 Å². The van der Waals surface area contributed by atoms with Gasteiger partial charge in [-0.15, -0.1) is 5.10 Å². The molecule has 0 bridgehead atoms. The maximum atomic E-state index is 13.5. The molecule has 0 aliphatic heterocycles. The molecule has 0 saturated carbocycles. The molecule has 0 aliphatic carbocycles. The van der Waals surface area contributed by atoms with E-state index in [9.17, 15) is 18.0 Å². The Balaban J connectivity index is 1.33. The molecular formula is C36H35N3O6S. The summed E-state index contributed by atoms with van der Waals surface area (Å²) in [5, 5.41) is 22.6. The molecule has 0 spiro atoms. The molecule has 0 radical (unpaired) electrons. The molecule has 1 heterocycles. The van der Waals surface area contributed by atoms with Gasteiger partial charge in [0.1, 0.15) is 5.82 Å². The van der Waals surface area contributed by atoms with Crippen LogP contribution in [0.3, 0.4) is 0 Å².